The summed E-state index contributed by atoms with van der Waals surface area (Å²) in [6, 6.07) is 9.17. The first-order valence-electron chi connectivity index (χ1n) is 4.40. The zero-order valence-corrected chi connectivity index (χ0v) is 7.89. The molecule has 14 heavy (non-hydrogen) atoms. The van der Waals surface area contributed by atoms with Gasteiger partial charge in [0, 0.05) is 5.56 Å². The van der Waals surface area contributed by atoms with Crippen molar-refractivity contribution in [1.82, 2.24) is 0 Å². The van der Waals surface area contributed by atoms with Crippen LogP contribution < -0.4 is 0 Å². The Labute approximate surface area is 84.1 Å². The van der Waals surface area contributed by atoms with E-state index < -0.39 is 0 Å². The van der Waals surface area contributed by atoms with Crippen LogP contribution in [0.3, 0.4) is 0 Å². The zero-order chi connectivity index (χ0) is 10.2. The fourth-order valence-corrected chi connectivity index (χ4v) is 0.984. The maximum Gasteiger partial charge on any atom is 0.185 e. The normalized spacial score (nSPS) is 10.9. The van der Waals surface area contributed by atoms with Gasteiger partial charge in [0.1, 0.15) is 0 Å². The lowest BCUT2D eigenvalue weighted by atomic mass is 10.1. The molecule has 0 aromatic heterocycles. The van der Waals surface area contributed by atoms with E-state index in [-0.39, 0.29) is 5.78 Å². The van der Waals surface area contributed by atoms with Crippen molar-refractivity contribution in [2.75, 3.05) is 0 Å². The molecule has 1 rings (SSSR count). The molecule has 0 amide bonds. The lowest BCUT2D eigenvalue weighted by Gasteiger charge is -1.92. The second-order valence-corrected chi connectivity index (χ2v) is 2.71. The van der Waals surface area contributed by atoms with Crippen molar-refractivity contribution >= 4 is 5.78 Å². The van der Waals surface area contributed by atoms with Crippen molar-refractivity contribution in [2.24, 2.45) is 0 Å². The standard InChI is InChI=1S/C13H12O/c1-2-3-4-8-11-13(14)12-9-6-5-7-10-12/h2-11H,1H2/b4-3+,11-8+. The molecule has 0 aliphatic carbocycles. The van der Waals surface area contributed by atoms with Crippen LogP contribution in [0.2, 0.25) is 0 Å². The molecule has 0 heterocycles. The van der Waals surface area contributed by atoms with E-state index in [2.05, 4.69) is 6.58 Å². The van der Waals surface area contributed by atoms with Crippen LogP contribution in [-0.2, 0) is 0 Å². The topological polar surface area (TPSA) is 17.1 Å². The van der Waals surface area contributed by atoms with Gasteiger partial charge in [-0.25, -0.2) is 0 Å². The van der Waals surface area contributed by atoms with Crippen molar-refractivity contribution < 1.29 is 4.79 Å². The first-order valence-corrected chi connectivity index (χ1v) is 4.40. The average molecular weight is 184 g/mol. The second-order valence-electron chi connectivity index (χ2n) is 2.71. The predicted molar refractivity (Wildman–Crippen MR) is 59.2 cm³/mol. The van der Waals surface area contributed by atoms with Crippen LogP contribution in [0.1, 0.15) is 10.4 Å². The van der Waals surface area contributed by atoms with Crippen LogP contribution >= 0.6 is 0 Å². The Morgan fingerprint density at radius 2 is 1.79 bits per heavy atom. The summed E-state index contributed by atoms with van der Waals surface area (Å²) in [6.07, 6.45) is 8.45. The number of ketones is 1. The van der Waals surface area contributed by atoms with Gasteiger partial charge in [-0.05, 0) is 6.08 Å². The van der Waals surface area contributed by atoms with Crippen LogP contribution in [0.4, 0.5) is 0 Å². The molecule has 0 saturated heterocycles. The van der Waals surface area contributed by atoms with Crippen LogP contribution in [0.25, 0.3) is 0 Å². The SMILES string of the molecule is C=C/C=C/C=C/C(=O)c1ccccc1. The van der Waals surface area contributed by atoms with E-state index in [0.29, 0.717) is 5.56 Å². The van der Waals surface area contributed by atoms with Crippen LogP contribution in [0, 0.1) is 0 Å². The molecule has 0 spiro atoms. The van der Waals surface area contributed by atoms with Crippen molar-refractivity contribution in [3.63, 3.8) is 0 Å². The van der Waals surface area contributed by atoms with E-state index in [1.165, 1.54) is 6.08 Å². The molecule has 0 radical (unpaired) electrons. The Morgan fingerprint density at radius 1 is 1.07 bits per heavy atom. The van der Waals surface area contributed by atoms with Crippen LogP contribution in [0.15, 0.2) is 67.3 Å². The molecule has 1 aromatic rings. The molecule has 0 unspecified atom stereocenters. The van der Waals surface area contributed by atoms with Gasteiger partial charge in [-0.1, -0.05) is 61.2 Å². The minimum Gasteiger partial charge on any atom is -0.289 e. The van der Waals surface area contributed by atoms with Gasteiger partial charge >= 0.3 is 0 Å². The minimum absolute atomic E-state index is 0.0133. The van der Waals surface area contributed by atoms with Crippen molar-refractivity contribution in [3.05, 3.63) is 72.9 Å². The van der Waals surface area contributed by atoms with Crippen LogP contribution in [-0.4, -0.2) is 5.78 Å². The Hall–Kier alpha value is -1.89. The predicted octanol–water partition coefficient (Wildman–Crippen LogP) is 3.17. The van der Waals surface area contributed by atoms with Gasteiger partial charge in [-0.15, -0.1) is 0 Å². The quantitative estimate of drug-likeness (QED) is 0.399. The smallest absolute Gasteiger partial charge is 0.185 e. The molecule has 1 nitrogen and oxygen atoms in total. The Kier molecular flexibility index (Phi) is 4.15. The van der Waals surface area contributed by atoms with Gasteiger partial charge < -0.3 is 0 Å². The Balaban J connectivity index is 2.64. The maximum atomic E-state index is 11.5. The number of carbonyl (C=O) groups is 1. The largest absolute Gasteiger partial charge is 0.289 e. The zero-order valence-electron chi connectivity index (χ0n) is 7.89. The third kappa shape index (κ3) is 3.23. The van der Waals surface area contributed by atoms with E-state index in [9.17, 15) is 4.79 Å². The first kappa shape index (κ1) is 10.2. The van der Waals surface area contributed by atoms with Crippen molar-refractivity contribution in [2.45, 2.75) is 0 Å². The Bertz CT molecular complexity index is 358. The lowest BCUT2D eigenvalue weighted by Crippen LogP contribution is -1.92. The number of hydrogen-bond acceptors (Lipinski definition) is 1. The molecule has 1 heteroatoms. The monoisotopic (exact) mass is 184 g/mol. The highest BCUT2D eigenvalue weighted by molar-refractivity contribution is 6.04. The fourth-order valence-electron chi connectivity index (χ4n) is 0.984. The van der Waals surface area contributed by atoms with Gasteiger partial charge in [-0.2, -0.15) is 0 Å². The second kappa shape index (κ2) is 5.70. The van der Waals surface area contributed by atoms with E-state index in [4.69, 9.17) is 0 Å². The summed E-state index contributed by atoms with van der Waals surface area (Å²) in [6.45, 7) is 3.53. The van der Waals surface area contributed by atoms with Gasteiger partial charge in [0.2, 0.25) is 0 Å². The van der Waals surface area contributed by atoms with E-state index in [1.807, 2.05) is 18.2 Å². The van der Waals surface area contributed by atoms with E-state index in [0.717, 1.165) is 0 Å². The minimum atomic E-state index is 0.0133. The number of carbonyl (C=O) groups excluding carboxylic acids is 1. The van der Waals surface area contributed by atoms with Crippen molar-refractivity contribution in [1.29, 1.82) is 0 Å². The summed E-state index contributed by atoms with van der Waals surface area (Å²) in [5, 5.41) is 0. The first-order chi connectivity index (χ1) is 6.84. The lowest BCUT2D eigenvalue weighted by molar-refractivity contribution is 0.104. The highest BCUT2D eigenvalue weighted by atomic mass is 16.1. The molecular formula is C13H12O. The van der Waals surface area contributed by atoms with Crippen LogP contribution in [0.5, 0.6) is 0 Å². The molecule has 70 valence electrons. The van der Waals surface area contributed by atoms with E-state index in [1.54, 1.807) is 36.4 Å². The van der Waals surface area contributed by atoms with Gasteiger partial charge in [0.15, 0.2) is 5.78 Å². The number of rotatable bonds is 4. The molecule has 0 atom stereocenters. The number of benzene rings is 1. The summed E-state index contributed by atoms with van der Waals surface area (Å²) < 4.78 is 0. The highest BCUT2D eigenvalue weighted by Crippen LogP contribution is 2.00. The summed E-state index contributed by atoms with van der Waals surface area (Å²) in [5.74, 6) is 0.0133. The summed E-state index contributed by atoms with van der Waals surface area (Å²) in [4.78, 5) is 11.5. The maximum absolute atomic E-state index is 11.5. The third-order valence-electron chi connectivity index (χ3n) is 1.66. The molecule has 0 aliphatic heterocycles. The molecule has 0 bridgehead atoms. The van der Waals surface area contributed by atoms with Crippen molar-refractivity contribution in [3.8, 4) is 0 Å². The van der Waals surface area contributed by atoms with Gasteiger partial charge in [-0.3, -0.25) is 4.79 Å². The average Bonchev–Trinajstić information content (AvgIpc) is 2.25. The molecule has 0 saturated carbocycles. The van der Waals surface area contributed by atoms with Gasteiger partial charge in [0.25, 0.3) is 0 Å². The highest BCUT2D eigenvalue weighted by Gasteiger charge is 1.97. The number of allylic oxidation sites excluding steroid dienone is 5. The fraction of sp³-hybridized carbons (Fsp3) is 0. The Morgan fingerprint density at radius 3 is 2.43 bits per heavy atom. The molecule has 1 aromatic carbocycles. The molecule has 0 aliphatic rings. The number of hydrogen-bond donors (Lipinski definition) is 0. The third-order valence-corrected chi connectivity index (χ3v) is 1.66. The summed E-state index contributed by atoms with van der Waals surface area (Å²) >= 11 is 0. The van der Waals surface area contributed by atoms with Gasteiger partial charge in [0.05, 0.1) is 0 Å². The molecular weight excluding hydrogens is 172 g/mol. The summed E-state index contributed by atoms with van der Waals surface area (Å²) in [5.41, 5.74) is 0.704. The van der Waals surface area contributed by atoms with E-state index >= 15 is 0 Å². The summed E-state index contributed by atoms with van der Waals surface area (Å²) in [7, 11) is 0. The molecule has 0 N–H and O–H groups in total. The molecule has 0 fully saturated rings.